The first-order valence-corrected chi connectivity index (χ1v) is 14.9. The molecule has 3 aromatic carbocycles. The molecule has 4 aromatic rings. The Labute approximate surface area is 256 Å². The van der Waals surface area contributed by atoms with E-state index in [4.69, 9.17) is 9.47 Å². The molecule has 1 aliphatic carbocycles. The first-order chi connectivity index (χ1) is 21.3. The maximum absolute atomic E-state index is 14.2. The van der Waals surface area contributed by atoms with Gasteiger partial charge < -0.3 is 24.6 Å². The van der Waals surface area contributed by atoms with Gasteiger partial charge in [-0.3, -0.25) is 9.59 Å². The highest BCUT2D eigenvalue weighted by atomic mass is 16.7. The fraction of sp³-hybridized carbons (Fsp3) is 0.364. The van der Waals surface area contributed by atoms with Crippen molar-refractivity contribution in [3.05, 3.63) is 83.4 Å². The van der Waals surface area contributed by atoms with Gasteiger partial charge in [-0.2, -0.15) is 4.80 Å². The van der Waals surface area contributed by atoms with Gasteiger partial charge in [0.2, 0.25) is 24.4 Å². The molecular weight excluding hydrogens is 558 g/mol. The summed E-state index contributed by atoms with van der Waals surface area (Å²) in [6.07, 6.45) is 4.01. The Balaban J connectivity index is 1.34. The van der Waals surface area contributed by atoms with E-state index in [0.717, 1.165) is 48.1 Å². The SMILES string of the molecule is Cc1ccc(-c2nnn(CC(=O)N(Cc3ccc4c(c3)OCO4)C(C(=O)NC3CCCC3)c3ccc(N(C)C)cc3)n2)cc1. The van der Waals surface area contributed by atoms with Crippen LogP contribution in [0.3, 0.4) is 0 Å². The van der Waals surface area contributed by atoms with Crippen LogP contribution >= 0.6 is 0 Å². The largest absolute Gasteiger partial charge is 0.454 e. The number of nitrogens with zero attached hydrogens (tertiary/aromatic N) is 6. The molecule has 44 heavy (non-hydrogen) atoms. The molecule has 0 spiro atoms. The molecule has 2 heterocycles. The zero-order valence-corrected chi connectivity index (χ0v) is 25.3. The lowest BCUT2D eigenvalue weighted by molar-refractivity contribution is -0.142. The quantitative estimate of drug-likeness (QED) is 0.289. The second-order valence-corrected chi connectivity index (χ2v) is 11.6. The van der Waals surface area contributed by atoms with Gasteiger partial charge >= 0.3 is 0 Å². The Bertz CT molecular complexity index is 1610. The number of tetrazole rings is 1. The lowest BCUT2D eigenvalue weighted by atomic mass is 10.0. The lowest BCUT2D eigenvalue weighted by Gasteiger charge is -2.32. The van der Waals surface area contributed by atoms with Crippen LogP contribution in [0.4, 0.5) is 5.69 Å². The first-order valence-electron chi connectivity index (χ1n) is 14.9. The van der Waals surface area contributed by atoms with Crippen LogP contribution in [0.2, 0.25) is 0 Å². The number of anilines is 1. The van der Waals surface area contributed by atoms with Crippen molar-refractivity contribution >= 4 is 17.5 Å². The van der Waals surface area contributed by atoms with E-state index in [-0.39, 0.29) is 37.7 Å². The summed E-state index contributed by atoms with van der Waals surface area (Å²) in [4.78, 5) is 33.2. The van der Waals surface area contributed by atoms with Crippen molar-refractivity contribution in [3.8, 4) is 22.9 Å². The van der Waals surface area contributed by atoms with Crippen molar-refractivity contribution in [1.82, 2.24) is 30.4 Å². The third-order valence-corrected chi connectivity index (χ3v) is 8.14. The number of amides is 2. The van der Waals surface area contributed by atoms with Crippen LogP contribution in [-0.4, -0.2) is 63.9 Å². The van der Waals surface area contributed by atoms with Gasteiger partial charge in [-0.05, 0) is 60.4 Å². The summed E-state index contributed by atoms with van der Waals surface area (Å²) < 4.78 is 11.1. The summed E-state index contributed by atoms with van der Waals surface area (Å²) in [6, 6.07) is 20.3. The molecule has 2 amide bonds. The monoisotopic (exact) mass is 595 g/mol. The molecule has 1 aromatic heterocycles. The molecular formula is C33H37N7O4. The maximum atomic E-state index is 14.2. The molecule has 228 valence electrons. The third-order valence-electron chi connectivity index (χ3n) is 8.14. The number of carbonyl (C=O) groups excluding carboxylic acids is 2. The van der Waals surface area contributed by atoms with E-state index in [1.807, 2.05) is 92.6 Å². The van der Waals surface area contributed by atoms with Crippen molar-refractivity contribution in [3.63, 3.8) is 0 Å². The predicted molar refractivity (Wildman–Crippen MR) is 165 cm³/mol. The van der Waals surface area contributed by atoms with E-state index in [2.05, 4.69) is 20.7 Å². The number of fused-ring (bicyclic) bond motifs is 1. The Kier molecular flexibility index (Phi) is 8.44. The van der Waals surface area contributed by atoms with Gasteiger partial charge in [0.1, 0.15) is 12.6 Å². The predicted octanol–water partition coefficient (Wildman–Crippen LogP) is 4.27. The fourth-order valence-corrected chi connectivity index (χ4v) is 5.68. The summed E-state index contributed by atoms with van der Waals surface area (Å²) >= 11 is 0. The number of benzene rings is 3. The summed E-state index contributed by atoms with van der Waals surface area (Å²) in [7, 11) is 3.93. The topological polar surface area (TPSA) is 115 Å². The van der Waals surface area contributed by atoms with Crippen LogP contribution < -0.4 is 19.7 Å². The zero-order valence-electron chi connectivity index (χ0n) is 25.3. The van der Waals surface area contributed by atoms with E-state index < -0.39 is 6.04 Å². The normalized spacial score (nSPS) is 14.8. The van der Waals surface area contributed by atoms with Crippen LogP contribution in [0, 0.1) is 6.92 Å². The standard InChI is InChI=1S/C33H37N7O4/c1-22-8-11-25(12-9-22)32-35-37-40(36-32)20-30(41)39(19-23-10-17-28-29(18-23)44-21-43-28)31(33(42)34-26-6-4-5-7-26)24-13-15-27(16-14-24)38(2)3/h8-18,26,31H,4-7,19-21H2,1-3H3,(H,34,42). The second-order valence-electron chi connectivity index (χ2n) is 11.6. The smallest absolute Gasteiger partial charge is 0.247 e. The molecule has 0 radical (unpaired) electrons. The van der Waals surface area contributed by atoms with Crippen molar-refractivity contribution < 1.29 is 19.1 Å². The number of aryl methyl sites for hydroxylation is 1. The summed E-state index contributed by atoms with van der Waals surface area (Å²) in [5.41, 5.74) is 4.44. The van der Waals surface area contributed by atoms with Gasteiger partial charge in [-0.1, -0.05) is 60.9 Å². The molecule has 0 saturated heterocycles. The van der Waals surface area contributed by atoms with E-state index in [1.165, 1.54) is 4.80 Å². The number of aromatic nitrogens is 4. The second kappa shape index (κ2) is 12.7. The molecule has 1 N–H and O–H groups in total. The number of carbonyl (C=O) groups is 2. The first kappa shape index (κ1) is 29.2. The molecule has 2 aliphatic rings. The lowest BCUT2D eigenvalue weighted by Crippen LogP contribution is -2.46. The van der Waals surface area contributed by atoms with Gasteiger partial charge in [-0.15, -0.1) is 10.2 Å². The summed E-state index contributed by atoms with van der Waals surface area (Å²) in [5, 5.41) is 16.1. The highest BCUT2D eigenvalue weighted by Crippen LogP contribution is 2.34. The number of ether oxygens (including phenoxy) is 2. The molecule has 6 rings (SSSR count). The van der Waals surface area contributed by atoms with Crippen LogP contribution in [0.25, 0.3) is 11.4 Å². The average Bonchev–Trinajstić information content (AvgIpc) is 3.80. The maximum Gasteiger partial charge on any atom is 0.247 e. The minimum atomic E-state index is -0.884. The molecule has 11 heteroatoms. The van der Waals surface area contributed by atoms with E-state index in [9.17, 15) is 9.59 Å². The molecule has 1 atom stereocenters. The number of hydrogen-bond acceptors (Lipinski definition) is 8. The Morgan fingerprint density at radius 1 is 0.977 bits per heavy atom. The van der Waals surface area contributed by atoms with E-state index >= 15 is 0 Å². The molecule has 1 saturated carbocycles. The number of rotatable bonds is 10. The van der Waals surface area contributed by atoms with E-state index in [0.29, 0.717) is 22.9 Å². The number of nitrogens with one attached hydrogen (secondary N) is 1. The Morgan fingerprint density at radius 3 is 2.43 bits per heavy atom. The van der Waals surface area contributed by atoms with Crippen LogP contribution in [0.1, 0.15) is 48.4 Å². The van der Waals surface area contributed by atoms with Gasteiger partial charge in [-0.25, -0.2) is 0 Å². The molecule has 11 nitrogen and oxygen atoms in total. The van der Waals surface area contributed by atoms with Crippen molar-refractivity contribution in [1.29, 1.82) is 0 Å². The van der Waals surface area contributed by atoms with Gasteiger partial charge in [0.05, 0.1) is 0 Å². The van der Waals surface area contributed by atoms with E-state index in [1.54, 1.807) is 4.90 Å². The van der Waals surface area contributed by atoms with Gasteiger partial charge in [0.15, 0.2) is 11.5 Å². The zero-order chi connectivity index (χ0) is 30.6. The van der Waals surface area contributed by atoms with Gasteiger partial charge in [0.25, 0.3) is 0 Å². The van der Waals surface area contributed by atoms with Crippen LogP contribution in [-0.2, 0) is 22.7 Å². The Morgan fingerprint density at radius 2 is 1.70 bits per heavy atom. The highest BCUT2D eigenvalue weighted by molar-refractivity contribution is 5.89. The van der Waals surface area contributed by atoms with Crippen molar-refractivity contribution in [2.75, 3.05) is 25.8 Å². The van der Waals surface area contributed by atoms with Crippen LogP contribution in [0.15, 0.2) is 66.7 Å². The van der Waals surface area contributed by atoms with Crippen molar-refractivity contribution in [2.45, 2.75) is 57.8 Å². The fourth-order valence-electron chi connectivity index (χ4n) is 5.68. The molecule has 1 unspecified atom stereocenters. The minimum Gasteiger partial charge on any atom is -0.454 e. The average molecular weight is 596 g/mol. The van der Waals surface area contributed by atoms with Gasteiger partial charge in [0, 0.05) is 37.9 Å². The highest BCUT2D eigenvalue weighted by Gasteiger charge is 2.34. The Hall–Kier alpha value is -4.93. The molecule has 1 fully saturated rings. The molecule has 1 aliphatic heterocycles. The van der Waals surface area contributed by atoms with Crippen molar-refractivity contribution in [2.24, 2.45) is 0 Å². The third kappa shape index (κ3) is 6.51. The summed E-state index contributed by atoms with van der Waals surface area (Å²) in [6.45, 7) is 2.13. The minimum absolute atomic E-state index is 0.0857. The van der Waals surface area contributed by atoms with Crippen LogP contribution in [0.5, 0.6) is 11.5 Å². The number of hydrogen-bond donors (Lipinski definition) is 1. The molecule has 0 bridgehead atoms. The summed E-state index contributed by atoms with van der Waals surface area (Å²) in [5.74, 6) is 1.15.